The first-order valence-corrected chi connectivity index (χ1v) is 9.85. The molecular formula is C21H32IN5O. The Hall–Kier alpha value is -1.61. The smallest absolute Gasteiger partial charge is 0.194 e. The van der Waals surface area contributed by atoms with E-state index in [1.807, 2.05) is 12.5 Å². The van der Waals surface area contributed by atoms with Crippen molar-refractivity contribution in [3.63, 3.8) is 0 Å². The molecule has 28 heavy (non-hydrogen) atoms. The molecule has 0 amide bonds. The average Bonchev–Trinajstić information content (AvgIpc) is 3.37. The van der Waals surface area contributed by atoms with Crippen molar-refractivity contribution in [3.05, 3.63) is 54.1 Å². The predicted molar refractivity (Wildman–Crippen MR) is 124 cm³/mol. The Balaban J connectivity index is 0.00000280. The van der Waals surface area contributed by atoms with E-state index >= 15 is 0 Å². The van der Waals surface area contributed by atoms with E-state index in [1.165, 1.54) is 24.0 Å². The van der Waals surface area contributed by atoms with Gasteiger partial charge in [-0.15, -0.1) is 24.0 Å². The summed E-state index contributed by atoms with van der Waals surface area (Å²) >= 11 is 0. The minimum Gasteiger partial charge on any atom is -0.379 e. The van der Waals surface area contributed by atoms with Crippen LogP contribution in [0.25, 0.3) is 0 Å². The third kappa shape index (κ3) is 7.79. The molecule has 0 spiro atoms. The Morgan fingerprint density at radius 3 is 2.68 bits per heavy atom. The van der Waals surface area contributed by atoms with Gasteiger partial charge in [0.05, 0.1) is 19.5 Å². The molecule has 7 heteroatoms. The summed E-state index contributed by atoms with van der Waals surface area (Å²) in [5, 5.41) is 3.37. The molecule has 1 heterocycles. The van der Waals surface area contributed by atoms with Gasteiger partial charge in [0.1, 0.15) is 0 Å². The molecule has 1 aromatic heterocycles. The van der Waals surface area contributed by atoms with E-state index in [4.69, 9.17) is 9.73 Å². The van der Waals surface area contributed by atoms with Crippen molar-refractivity contribution < 1.29 is 4.74 Å². The molecule has 154 valence electrons. The first kappa shape index (κ1) is 22.7. The van der Waals surface area contributed by atoms with Crippen LogP contribution < -0.4 is 5.32 Å². The molecule has 2 aromatic rings. The zero-order chi connectivity index (χ0) is 18.9. The van der Waals surface area contributed by atoms with Gasteiger partial charge in [-0.05, 0) is 36.8 Å². The fourth-order valence-electron chi connectivity index (χ4n) is 2.82. The standard InChI is InChI=1S/C21H31N5O.HI/c1-3-23-21(25(2)12-13-27-16-20-8-9-20)24-14-18-4-6-19(7-5-18)15-26-11-10-22-17-26;/h4-7,10-11,17,20H,3,8-9,12-16H2,1-2H3,(H,23,24);1H. The molecule has 1 aliphatic rings. The normalized spacial score (nSPS) is 13.9. The summed E-state index contributed by atoms with van der Waals surface area (Å²) in [5.41, 5.74) is 2.47. The molecule has 1 saturated carbocycles. The Bertz CT molecular complexity index is 698. The Kier molecular flexibility index (Phi) is 9.77. The maximum Gasteiger partial charge on any atom is 0.194 e. The molecule has 3 rings (SSSR count). The summed E-state index contributed by atoms with van der Waals surface area (Å²) in [6, 6.07) is 8.62. The van der Waals surface area contributed by atoms with Crippen molar-refractivity contribution in [2.45, 2.75) is 32.9 Å². The zero-order valence-corrected chi connectivity index (χ0v) is 19.2. The first-order valence-electron chi connectivity index (χ1n) is 9.85. The number of aliphatic imine (C=N–C) groups is 1. The molecule has 1 aromatic carbocycles. The zero-order valence-electron chi connectivity index (χ0n) is 16.9. The maximum atomic E-state index is 5.74. The number of rotatable bonds is 10. The van der Waals surface area contributed by atoms with Crippen LogP contribution in [0.2, 0.25) is 0 Å². The highest BCUT2D eigenvalue weighted by Gasteiger charge is 2.21. The Labute approximate surface area is 185 Å². The summed E-state index contributed by atoms with van der Waals surface area (Å²) in [7, 11) is 2.07. The van der Waals surface area contributed by atoms with Crippen molar-refractivity contribution >= 4 is 29.9 Å². The lowest BCUT2D eigenvalue weighted by Gasteiger charge is -2.22. The SMILES string of the molecule is CCNC(=NCc1ccc(Cn2ccnc2)cc1)N(C)CCOCC1CC1.I. The van der Waals surface area contributed by atoms with Gasteiger partial charge in [0, 0.05) is 45.7 Å². The molecule has 1 N–H and O–H groups in total. The Morgan fingerprint density at radius 2 is 2.04 bits per heavy atom. The van der Waals surface area contributed by atoms with E-state index < -0.39 is 0 Å². The molecule has 0 aliphatic heterocycles. The highest BCUT2D eigenvalue weighted by Crippen LogP contribution is 2.28. The third-order valence-corrected chi connectivity index (χ3v) is 4.68. The molecule has 0 radical (unpaired) electrons. The van der Waals surface area contributed by atoms with Crippen LogP contribution in [0.4, 0.5) is 0 Å². The molecular weight excluding hydrogens is 465 g/mol. The number of aromatic nitrogens is 2. The minimum atomic E-state index is 0. The van der Waals surface area contributed by atoms with Crippen LogP contribution in [0.15, 0.2) is 48.0 Å². The number of nitrogens with one attached hydrogen (secondary N) is 1. The molecule has 6 nitrogen and oxygen atoms in total. The van der Waals surface area contributed by atoms with Crippen LogP contribution in [0.5, 0.6) is 0 Å². The molecule has 0 atom stereocenters. The maximum absolute atomic E-state index is 5.74. The topological polar surface area (TPSA) is 54.7 Å². The number of hydrogen-bond donors (Lipinski definition) is 1. The summed E-state index contributed by atoms with van der Waals surface area (Å²) < 4.78 is 7.81. The van der Waals surface area contributed by atoms with Crippen molar-refractivity contribution in [2.75, 3.05) is 33.4 Å². The monoisotopic (exact) mass is 497 g/mol. The van der Waals surface area contributed by atoms with Crippen LogP contribution in [0, 0.1) is 5.92 Å². The number of guanidine groups is 1. The second kappa shape index (κ2) is 12.1. The highest BCUT2D eigenvalue weighted by atomic mass is 127. The molecule has 1 fully saturated rings. The number of halogens is 1. The summed E-state index contributed by atoms with van der Waals surface area (Å²) in [5.74, 6) is 1.74. The van der Waals surface area contributed by atoms with Crippen molar-refractivity contribution in [1.82, 2.24) is 19.8 Å². The molecule has 0 saturated heterocycles. The van der Waals surface area contributed by atoms with Gasteiger partial charge in [-0.3, -0.25) is 0 Å². The van der Waals surface area contributed by atoms with E-state index in [-0.39, 0.29) is 24.0 Å². The highest BCUT2D eigenvalue weighted by molar-refractivity contribution is 14.0. The fraction of sp³-hybridized carbons (Fsp3) is 0.524. The van der Waals surface area contributed by atoms with E-state index in [1.54, 1.807) is 6.20 Å². The van der Waals surface area contributed by atoms with Gasteiger partial charge >= 0.3 is 0 Å². The van der Waals surface area contributed by atoms with Gasteiger partial charge in [0.2, 0.25) is 0 Å². The lowest BCUT2D eigenvalue weighted by Crippen LogP contribution is -2.40. The van der Waals surface area contributed by atoms with Crippen LogP contribution in [-0.4, -0.2) is 53.8 Å². The molecule has 0 unspecified atom stereocenters. The van der Waals surface area contributed by atoms with E-state index in [0.29, 0.717) is 6.54 Å². The number of hydrogen-bond acceptors (Lipinski definition) is 3. The summed E-state index contributed by atoms with van der Waals surface area (Å²) in [6.45, 7) is 6.97. The molecule has 0 bridgehead atoms. The number of ether oxygens (including phenoxy) is 1. The van der Waals surface area contributed by atoms with E-state index in [9.17, 15) is 0 Å². The predicted octanol–water partition coefficient (Wildman–Crippen LogP) is 3.37. The van der Waals surface area contributed by atoms with Crippen molar-refractivity contribution in [3.8, 4) is 0 Å². The summed E-state index contributed by atoms with van der Waals surface area (Å²) in [4.78, 5) is 11.0. The van der Waals surface area contributed by atoms with Gasteiger partial charge in [-0.2, -0.15) is 0 Å². The second-order valence-corrected chi connectivity index (χ2v) is 7.16. The molecule has 1 aliphatic carbocycles. The van der Waals surface area contributed by atoms with Crippen LogP contribution in [-0.2, 0) is 17.8 Å². The quantitative estimate of drug-likeness (QED) is 0.237. The van der Waals surface area contributed by atoms with Gasteiger partial charge in [-0.25, -0.2) is 9.98 Å². The number of likely N-dealkylation sites (N-methyl/N-ethyl adjacent to an activating group) is 1. The van der Waals surface area contributed by atoms with Crippen LogP contribution in [0.3, 0.4) is 0 Å². The first-order chi connectivity index (χ1) is 13.2. The van der Waals surface area contributed by atoms with Crippen molar-refractivity contribution in [2.24, 2.45) is 10.9 Å². The third-order valence-electron chi connectivity index (χ3n) is 4.68. The number of nitrogens with zero attached hydrogens (tertiary/aromatic N) is 4. The van der Waals surface area contributed by atoms with Crippen LogP contribution >= 0.6 is 24.0 Å². The van der Waals surface area contributed by atoms with Gasteiger partial charge in [-0.1, -0.05) is 24.3 Å². The van der Waals surface area contributed by atoms with Crippen LogP contribution in [0.1, 0.15) is 30.9 Å². The van der Waals surface area contributed by atoms with Crippen molar-refractivity contribution in [1.29, 1.82) is 0 Å². The lowest BCUT2D eigenvalue weighted by molar-refractivity contribution is 0.115. The van der Waals surface area contributed by atoms with E-state index in [0.717, 1.165) is 44.7 Å². The fourth-order valence-corrected chi connectivity index (χ4v) is 2.82. The van der Waals surface area contributed by atoms with E-state index in [2.05, 4.69) is 58.0 Å². The minimum absolute atomic E-state index is 0. The van der Waals surface area contributed by atoms with Gasteiger partial charge in [0.15, 0.2) is 5.96 Å². The lowest BCUT2D eigenvalue weighted by atomic mass is 10.1. The number of benzene rings is 1. The summed E-state index contributed by atoms with van der Waals surface area (Å²) in [6.07, 6.45) is 8.29. The Morgan fingerprint density at radius 1 is 1.29 bits per heavy atom. The average molecular weight is 497 g/mol. The largest absolute Gasteiger partial charge is 0.379 e. The second-order valence-electron chi connectivity index (χ2n) is 7.16. The van der Waals surface area contributed by atoms with Gasteiger partial charge < -0.3 is 19.5 Å². The van der Waals surface area contributed by atoms with Gasteiger partial charge in [0.25, 0.3) is 0 Å². The number of imidazole rings is 1.